The second kappa shape index (κ2) is 5.67. The Morgan fingerprint density at radius 1 is 1.23 bits per heavy atom. The van der Waals surface area contributed by atoms with E-state index in [1.54, 1.807) is 12.7 Å². The first-order chi connectivity index (χ1) is 10.6. The maximum Gasteiger partial charge on any atom is 0.158 e. The summed E-state index contributed by atoms with van der Waals surface area (Å²) in [5.74, 6) is 1.70. The van der Waals surface area contributed by atoms with E-state index in [4.69, 9.17) is 0 Å². The van der Waals surface area contributed by atoms with E-state index in [2.05, 4.69) is 43.6 Å². The Morgan fingerprint density at radius 2 is 2.05 bits per heavy atom. The van der Waals surface area contributed by atoms with Gasteiger partial charge in [-0.2, -0.15) is 0 Å². The minimum atomic E-state index is 0.320. The first kappa shape index (κ1) is 14.4. The van der Waals surface area contributed by atoms with Crippen LogP contribution in [0, 0.1) is 6.92 Å². The highest BCUT2D eigenvalue weighted by Gasteiger charge is 2.14. The smallest absolute Gasteiger partial charge is 0.158 e. The standard InChI is InChI=1S/C15H19N7/c1-10(2)22-9-18-20-13(22)7-21(4)15-14-12(16-8-17-15)6-5-11(3)19-14/h5-6,8-10H,7H2,1-4H3. The Hall–Kier alpha value is -2.57. The van der Waals surface area contributed by atoms with Gasteiger partial charge >= 0.3 is 0 Å². The molecule has 0 unspecified atom stereocenters. The van der Waals surface area contributed by atoms with Gasteiger partial charge in [0.15, 0.2) is 11.6 Å². The number of aromatic nitrogens is 6. The van der Waals surface area contributed by atoms with Gasteiger partial charge in [-0.3, -0.25) is 0 Å². The predicted molar refractivity (Wildman–Crippen MR) is 84.6 cm³/mol. The predicted octanol–water partition coefficient (Wildman–Crippen LogP) is 2.14. The number of anilines is 1. The molecule has 0 fully saturated rings. The lowest BCUT2D eigenvalue weighted by Gasteiger charge is -2.20. The molecule has 0 spiro atoms. The van der Waals surface area contributed by atoms with Gasteiger partial charge in [0.1, 0.15) is 18.2 Å². The van der Waals surface area contributed by atoms with E-state index in [1.165, 1.54) is 0 Å². The largest absolute Gasteiger partial charge is 0.350 e. The Labute approximate surface area is 129 Å². The number of hydrogen-bond donors (Lipinski definition) is 0. The number of aryl methyl sites for hydroxylation is 1. The fourth-order valence-corrected chi connectivity index (χ4v) is 2.40. The molecule has 0 aliphatic carbocycles. The third-order valence-electron chi connectivity index (χ3n) is 3.55. The molecule has 0 atom stereocenters. The molecule has 0 amide bonds. The average molecular weight is 297 g/mol. The molecule has 3 aromatic heterocycles. The van der Waals surface area contributed by atoms with Crippen LogP contribution in [0.5, 0.6) is 0 Å². The van der Waals surface area contributed by atoms with Crippen molar-refractivity contribution in [3.63, 3.8) is 0 Å². The summed E-state index contributed by atoms with van der Waals surface area (Å²) >= 11 is 0. The van der Waals surface area contributed by atoms with E-state index in [0.29, 0.717) is 12.6 Å². The second-order valence-electron chi connectivity index (χ2n) is 5.62. The van der Waals surface area contributed by atoms with Gasteiger partial charge in [0, 0.05) is 18.8 Å². The quantitative estimate of drug-likeness (QED) is 0.734. The first-order valence-corrected chi connectivity index (χ1v) is 7.24. The van der Waals surface area contributed by atoms with E-state index in [9.17, 15) is 0 Å². The van der Waals surface area contributed by atoms with Gasteiger partial charge < -0.3 is 9.47 Å². The summed E-state index contributed by atoms with van der Waals surface area (Å²) in [6, 6.07) is 4.24. The van der Waals surface area contributed by atoms with Crippen molar-refractivity contribution >= 4 is 16.9 Å². The van der Waals surface area contributed by atoms with Crippen molar-refractivity contribution in [2.45, 2.75) is 33.4 Å². The highest BCUT2D eigenvalue weighted by molar-refractivity contribution is 5.85. The van der Waals surface area contributed by atoms with Gasteiger partial charge in [-0.25, -0.2) is 15.0 Å². The summed E-state index contributed by atoms with van der Waals surface area (Å²) in [4.78, 5) is 15.3. The summed E-state index contributed by atoms with van der Waals surface area (Å²) in [7, 11) is 1.98. The monoisotopic (exact) mass is 297 g/mol. The van der Waals surface area contributed by atoms with Gasteiger partial charge in [-0.1, -0.05) is 0 Å². The number of rotatable bonds is 4. The molecule has 0 aliphatic rings. The van der Waals surface area contributed by atoms with Crippen LogP contribution in [0.3, 0.4) is 0 Å². The highest BCUT2D eigenvalue weighted by Crippen LogP contribution is 2.21. The van der Waals surface area contributed by atoms with Crippen LogP contribution in [0.25, 0.3) is 11.0 Å². The van der Waals surface area contributed by atoms with Crippen LogP contribution in [-0.4, -0.2) is 36.8 Å². The molecule has 0 aliphatic heterocycles. The Kier molecular flexibility index (Phi) is 3.70. The zero-order valence-corrected chi connectivity index (χ0v) is 13.2. The Bertz CT molecular complexity index is 793. The lowest BCUT2D eigenvalue weighted by Crippen LogP contribution is -2.22. The highest BCUT2D eigenvalue weighted by atomic mass is 15.3. The molecule has 7 heteroatoms. The summed E-state index contributed by atoms with van der Waals surface area (Å²) in [6.07, 6.45) is 3.33. The lowest BCUT2D eigenvalue weighted by molar-refractivity contribution is 0.564. The third kappa shape index (κ3) is 2.61. The van der Waals surface area contributed by atoms with Crippen LogP contribution in [-0.2, 0) is 6.54 Å². The molecule has 0 N–H and O–H groups in total. The second-order valence-corrected chi connectivity index (χ2v) is 5.62. The first-order valence-electron chi connectivity index (χ1n) is 7.24. The number of hydrogen-bond acceptors (Lipinski definition) is 6. The zero-order chi connectivity index (χ0) is 15.7. The minimum Gasteiger partial charge on any atom is -0.350 e. The fraction of sp³-hybridized carbons (Fsp3) is 0.400. The molecule has 22 heavy (non-hydrogen) atoms. The minimum absolute atomic E-state index is 0.320. The molecule has 114 valence electrons. The third-order valence-corrected chi connectivity index (χ3v) is 3.55. The normalized spacial score (nSPS) is 11.3. The van der Waals surface area contributed by atoms with Crippen LogP contribution in [0.4, 0.5) is 5.82 Å². The molecule has 0 saturated heterocycles. The fourth-order valence-electron chi connectivity index (χ4n) is 2.40. The van der Waals surface area contributed by atoms with Gasteiger partial charge in [0.05, 0.1) is 12.1 Å². The molecule has 0 aromatic carbocycles. The summed E-state index contributed by atoms with van der Waals surface area (Å²) < 4.78 is 2.05. The SMILES string of the molecule is Cc1ccc2ncnc(N(C)Cc3nncn3C(C)C)c2n1. The Balaban J connectivity index is 1.97. The topological polar surface area (TPSA) is 72.6 Å². The van der Waals surface area contributed by atoms with Crippen molar-refractivity contribution in [2.75, 3.05) is 11.9 Å². The molecular formula is C15H19N7. The van der Waals surface area contributed by atoms with Gasteiger partial charge in [0.25, 0.3) is 0 Å². The summed E-state index contributed by atoms with van der Waals surface area (Å²) in [5.41, 5.74) is 2.59. The number of pyridine rings is 1. The zero-order valence-electron chi connectivity index (χ0n) is 13.2. The van der Waals surface area contributed by atoms with Crippen LogP contribution < -0.4 is 4.90 Å². The van der Waals surface area contributed by atoms with Crippen LogP contribution >= 0.6 is 0 Å². The van der Waals surface area contributed by atoms with E-state index in [0.717, 1.165) is 28.4 Å². The van der Waals surface area contributed by atoms with Crippen molar-refractivity contribution in [2.24, 2.45) is 0 Å². The van der Waals surface area contributed by atoms with Gasteiger partial charge in [-0.05, 0) is 32.9 Å². The summed E-state index contributed by atoms with van der Waals surface area (Å²) in [5, 5.41) is 8.21. The lowest BCUT2D eigenvalue weighted by atomic mass is 10.3. The molecular weight excluding hydrogens is 278 g/mol. The van der Waals surface area contributed by atoms with Gasteiger partial charge in [-0.15, -0.1) is 10.2 Å². The van der Waals surface area contributed by atoms with Crippen LogP contribution in [0.1, 0.15) is 31.4 Å². The van der Waals surface area contributed by atoms with Crippen LogP contribution in [0.2, 0.25) is 0 Å². The van der Waals surface area contributed by atoms with Crippen molar-refractivity contribution in [3.05, 3.63) is 36.3 Å². The van der Waals surface area contributed by atoms with E-state index < -0.39 is 0 Å². The maximum atomic E-state index is 4.57. The molecule has 0 radical (unpaired) electrons. The maximum absolute atomic E-state index is 4.57. The number of fused-ring (bicyclic) bond motifs is 1. The van der Waals surface area contributed by atoms with E-state index in [1.807, 2.05) is 31.0 Å². The molecule has 0 bridgehead atoms. The molecule has 7 nitrogen and oxygen atoms in total. The van der Waals surface area contributed by atoms with Crippen molar-refractivity contribution in [1.82, 2.24) is 29.7 Å². The molecule has 3 aromatic rings. The van der Waals surface area contributed by atoms with Crippen molar-refractivity contribution in [3.8, 4) is 0 Å². The number of nitrogens with zero attached hydrogens (tertiary/aromatic N) is 7. The van der Waals surface area contributed by atoms with E-state index in [-0.39, 0.29) is 0 Å². The van der Waals surface area contributed by atoms with Crippen LogP contribution in [0.15, 0.2) is 24.8 Å². The van der Waals surface area contributed by atoms with Crippen molar-refractivity contribution < 1.29 is 0 Å². The molecule has 3 rings (SSSR count). The van der Waals surface area contributed by atoms with E-state index >= 15 is 0 Å². The average Bonchev–Trinajstić information content (AvgIpc) is 2.94. The Morgan fingerprint density at radius 3 is 2.82 bits per heavy atom. The van der Waals surface area contributed by atoms with Crippen molar-refractivity contribution in [1.29, 1.82) is 0 Å². The van der Waals surface area contributed by atoms with Gasteiger partial charge in [0.2, 0.25) is 0 Å². The summed E-state index contributed by atoms with van der Waals surface area (Å²) in [6.45, 7) is 6.79. The molecule has 0 saturated carbocycles. The molecule has 3 heterocycles.